The van der Waals surface area contributed by atoms with E-state index in [0.717, 1.165) is 11.3 Å². The first-order chi connectivity index (χ1) is 10.9. The second-order valence-electron chi connectivity index (χ2n) is 5.81. The number of benzene rings is 1. The number of aryl methyl sites for hydroxylation is 1. The Bertz CT molecular complexity index is 735. The maximum Gasteiger partial charge on any atom is 0.260 e. The fraction of sp³-hybridized carbons (Fsp3) is 0.333. The van der Waals surface area contributed by atoms with Crippen molar-refractivity contribution in [2.24, 2.45) is 0 Å². The number of aromatic nitrogens is 1. The maximum atomic E-state index is 12.2. The molecule has 0 unspecified atom stereocenters. The molecule has 0 aliphatic carbocycles. The van der Waals surface area contributed by atoms with E-state index < -0.39 is 0 Å². The summed E-state index contributed by atoms with van der Waals surface area (Å²) in [5.41, 5.74) is 1.51. The van der Waals surface area contributed by atoms with Gasteiger partial charge < -0.3 is 10.3 Å². The molecule has 0 bridgehead atoms. The molecule has 1 amide bonds. The Morgan fingerprint density at radius 1 is 1.09 bits per heavy atom. The van der Waals surface area contributed by atoms with Gasteiger partial charge in [0.05, 0.1) is 6.04 Å². The molecule has 0 radical (unpaired) electrons. The van der Waals surface area contributed by atoms with Gasteiger partial charge in [-0.15, -0.1) is 11.8 Å². The van der Waals surface area contributed by atoms with E-state index in [9.17, 15) is 9.59 Å². The molecule has 122 valence electrons. The summed E-state index contributed by atoms with van der Waals surface area (Å²) in [5, 5.41) is 3.40. The normalized spacial score (nSPS) is 12.2. The van der Waals surface area contributed by atoms with Gasteiger partial charge in [-0.05, 0) is 43.7 Å². The van der Waals surface area contributed by atoms with Crippen molar-refractivity contribution in [1.29, 1.82) is 0 Å². The summed E-state index contributed by atoms with van der Waals surface area (Å²) < 4.78 is 0. The summed E-state index contributed by atoms with van der Waals surface area (Å²) in [5.74, 6) is -0.362. The fourth-order valence-electron chi connectivity index (χ4n) is 2.22. The van der Waals surface area contributed by atoms with E-state index >= 15 is 0 Å². The van der Waals surface area contributed by atoms with E-state index in [1.165, 1.54) is 4.90 Å². The smallest absolute Gasteiger partial charge is 0.260 e. The number of thioether (sulfide) groups is 1. The molecular formula is C18H22N2O2S. The SMILES string of the molecule is Cc1ccc(C(=O)N[C@H](C)c2ccc(SC(C)C)cc2)c(=O)[nH]1. The molecule has 5 heteroatoms. The minimum Gasteiger partial charge on any atom is -0.345 e. The minimum absolute atomic E-state index is 0.134. The molecular weight excluding hydrogens is 308 g/mol. The number of amides is 1. The van der Waals surface area contributed by atoms with Gasteiger partial charge in [-0.1, -0.05) is 26.0 Å². The van der Waals surface area contributed by atoms with Gasteiger partial charge >= 0.3 is 0 Å². The third-order valence-corrected chi connectivity index (χ3v) is 4.42. The van der Waals surface area contributed by atoms with Crippen LogP contribution in [0.5, 0.6) is 0 Å². The van der Waals surface area contributed by atoms with Gasteiger partial charge in [0.2, 0.25) is 0 Å². The Hall–Kier alpha value is -2.01. The van der Waals surface area contributed by atoms with Crippen LogP contribution in [0.1, 0.15) is 48.4 Å². The first-order valence-corrected chi connectivity index (χ1v) is 8.52. The summed E-state index contributed by atoms with van der Waals surface area (Å²) >= 11 is 1.80. The van der Waals surface area contributed by atoms with E-state index in [2.05, 4.69) is 36.3 Å². The lowest BCUT2D eigenvalue weighted by Gasteiger charge is -2.15. The average molecular weight is 330 g/mol. The Balaban J connectivity index is 2.07. The predicted molar refractivity (Wildman–Crippen MR) is 95.1 cm³/mol. The first kappa shape index (κ1) is 17.3. The van der Waals surface area contributed by atoms with Crippen LogP contribution in [-0.4, -0.2) is 16.1 Å². The zero-order valence-corrected chi connectivity index (χ0v) is 14.7. The topological polar surface area (TPSA) is 62.0 Å². The van der Waals surface area contributed by atoms with E-state index in [1.54, 1.807) is 30.8 Å². The number of rotatable bonds is 5. The standard InChI is InChI=1S/C18H22N2O2S/c1-11(2)23-15-8-6-14(7-9-15)13(4)20-18(22)16-10-5-12(3)19-17(16)21/h5-11,13H,1-4H3,(H,19,21)(H,20,22)/t13-/m1/s1. The Morgan fingerprint density at radius 3 is 2.30 bits per heavy atom. The fourth-order valence-corrected chi connectivity index (χ4v) is 3.05. The van der Waals surface area contributed by atoms with Crippen LogP contribution in [0, 0.1) is 6.92 Å². The van der Waals surface area contributed by atoms with Crippen LogP contribution in [0.25, 0.3) is 0 Å². The maximum absolute atomic E-state index is 12.2. The van der Waals surface area contributed by atoms with Crippen molar-refractivity contribution in [3.63, 3.8) is 0 Å². The number of carbonyl (C=O) groups is 1. The molecule has 0 fully saturated rings. The van der Waals surface area contributed by atoms with Crippen molar-refractivity contribution in [3.8, 4) is 0 Å². The third-order valence-electron chi connectivity index (χ3n) is 3.40. The van der Waals surface area contributed by atoms with Crippen molar-refractivity contribution < 1.29 is 4.79 Å². The lowest BCUT2D eigenvalue weighted by atomic mass is 10.1. The summed E-state index contributed by atoms with van der Waals surface area (Å²) in [6.45, 7) is 7.99. The number of pyridine rings is 1. The van der Waals surface area contributed by atoms with Gasteiger partial charge in [0.25, 0.3) is 11.5 Å². The van der Waals surface area contributed by atoms with Gasteiger partial charge in [-0.3, -0.25) is 9.59 Å². The van der Waals surface area contributed by atoms with Crippen molar-refractivity contribution in [2.75, 3.05) is 0 Å². The van der Waals surface area contributed by atoms with E-state index in [1.807, 2.05) is 19.1 Å². The highest BCUT2D eigenvalue weighted by molar-refractivity contribution is 7.99. The van der Waals surface area contributed by atoms with Crippen LogP contribution in [0.15, 0.2) is 46.1 Å². The molecule has 0 spiro atoms. The molecule has 2 rings (SSSR count). The van der Waals surface area contributed by atoms with Crippen LogP contribution in [0.3, 0.4) is 0 Å². The van der Waals surface area contributed by atoms with Gasteiger partial charge in [0.15, 0.2) is 0 Å². The van der Waals surface area contributed by atoms with Crippen LogP contribution in [0.4, 0.5) is 0 Å². The predicted octanol–water partition coefficient (Wildman–Crippen LogP) is 3.67. The highest BCUT2D eigenvalue weighted by atomic mass is 32.2. The van der Waals surface area contributed by atoms with Gasteiger partial charge in [-0.25, -0.2) is 0 Å². The summed E-state index contributed by atoms with van der Waals surface area (Å²) in [6.07, 6.45) is 0. The number of H-pyrrole nitrogens is 1. The van der Waals surface area contributed by atoms with Crippen LogP contribution >= 0.6 is 11.8 Å². The van der Waals surface area contributed by atoms with Crippen molar-refractivity contribution in [3.05, 3.63) is 63.6 Å². The van der Waals surface area contributed by atoms with Crippen LogP contribution in [-0.2, 0) is 0 Å². The Labute approximate surface area is 140 Å². The zero-order valence-electron chi connectivity index (χ0n) is 13.8. The molecule has 1 atom stereocenters. The number of aromatic amines is 1. The Kier molecular flexibility index (Phi) is 5.66. The minimum atomic E-state index is -0.363. The average Bonchev–Trinajstić information content (AvgIpc) is 2.47. The van der Waals surface area contributed by atoms with Crippen LogP contribution in [0.2, 0.25) is 0 Å². The van der Waals surface area contributed by atoms with E-state index in [4.69, 9.17) is 0 Å². The molecule has 0 aliphatic rings. The van der Waals surface area contributed by atoms with Crippen molar-refractivity contribution in [1.82, 2.24) is 10.3 Å². The largest absolute Gasteiger partial charge is 0.345 e. The molecule has 1 heterocycles. The van der Waals surface area contributed by atoms with Crippen molar-refractivity contribution >= 4 is 17.7 Å². The number of hydrogen-bond acceptors (Lipinski definition) is 3. The molecule has 0 saturated carbocycles. The highest BCUT2D eigenvalue weighted by Crippen LogP contribution is 2.24. The lowest BCUT2D eigenvalue weighted by Crippen LogP contribution is -2.31. The highest BCUT2D eigenvalue weighted by Gasteiger charge is 2.14. The molecule has 4 nitrogen and oxygen atoms in total. The van der Waals surface area contributed by atoms with Gasteiger partial charge in [0.1, 0.15) is 5.56 Å². The third kappa shape index (κ3) is 4.73. The zero-order chi connectivity index (χ0) is 17.0. The molecule has 1 aromatic heterocycles. The number of carbonyl (C=O) groups excluding carboxylic acids is 1. The second kappa shape index (κ2) is 7.51. The van der Waals surface area contributed by atoms with Crippen molar-refractivity contribution in [2.45, 2.75) is 43.9 Å². The molecule has 0 aliphatic heterocycles. The lowest BCUT2D eigenvalue weighted by molar-refractivity contribution is 0.0938. The summed E-state index contributed by atoms with van der Waals surface area (Å²) in [7, 11) is 0. The number of hydrogen-bond donors (Lipinski definition) is 2. The molecule has 23 heavy (non-hydrogen) atoms. The molecule has 2 N–H and O–H groups in total. The summed E-state index contributed by atoms with van der Waals surface area (Å²) in [6, 6.07) is 11.2. The van der Waals surface area contributed by atoms with E-state index in [0.29, 0.717) is 5.25 Å². The molecule has 1 aromatic carbocycles. The van der Waals surface area contributed by atoms with Gasteiger partial charge in [0, 0.05) is 15.8 Å². The Morgan fingerprint density at radius 2 is 1.74 bits per heavy atom. The molecule has 2 aromatic rings. The quantitative estimate of drug-likeness (QED) is 0.822. The number of nitrogens with one attached hydrogen (secondary N) is 2. The van der Waals surface area contributed by atoms with E-state index in [-0.39, 0.29) is 23.1 Å². The first-order valence-electron chi connectivity index (χ1n) is 7.64. The molecule has 0 saturated heterocycles. The monoisotopic (exact) mass is 330 g/mol. The summed E-state index contributed by atoms with van der Waals surface area (Å²) in [4.78, 5) is 27.9. The van der Waals surface area contributed by atoms with Crippen LogP contribution < -0.4 is 10.9 Å². The van der Waals surface area contributed by atoms with Gasteiger partial charge in [-0.2, -0.15) is 0 Å². The second-order valence-corrected chi connectivity index (χ2v) is 7.46.